The number of aryl methyl sites for hydroxylation is 4. The summed E-state index contributed by atoms with van der Waals surface area (Å²) >= 11 is 0. The topological polar surface area (TPSA) is 529 Å². The van der Waals surface area contributed by atoms with Gasteiger partial charge in [0.1, 0.15) is 102 Å². The Morgan fingerprint density at radius 3 is 0.993 bits per heavy atom. The van der Waals surface area contributed by atoms with Crippen LogP contribution in [0.25, 0.3) is 55.8 Å². The molecule has 5 fully saturated rings. The standard InChI is InChI=1S/2C21H34N5O3P.C20H32N5O3P.C17H27N4O3P.C16H25N4O3P/c2*1-7-13(2)8-10-22-19-16-20(25-14(3)24-19)26(12-23-16)21-18(28)17(27)15(29-21)9-11-30(4,5)6;1-6-13(2)7-9-21-18-15-19(23-11-22-18)25(12-24-15)20-17(27)16(26)14(28-20)8-10-29(3,4)5;1-5-12-20-13-10(18)6-8-19-16(13)21(12)17-15(23)14(22)11(24-17)7-9-25(2,3)4;1-9-19-12-10(17)5-7-18-15(12)20(9)16-14(22)13(21)11(23-16)6-8-24(2,3)4/h2*8,12,15,17-18,21,27-28H,4,7,9-11H2,1-3,5-6H3,(H,22,24,25);7,11-12,14,16-17,20,26-27H,3,6,8-10H2,1-2,4-5H3,(H,21,22,23);6,8,11,14-15,17,22-23H,2,5,7,9H2,1,3-4H3,(H2,18,19);5,7,11,13-14,16,21-22H,2,6,8H2,1,3-4H3,(H2,17,18)/b2*13-8-;13-7-;;/t2*15-,17-,18-,21?;14-,16-,17-,20?;11-,14-,15-,17?;11-,13-,14-,16?/m11111/s1. The number of nitrogens with one attached hydrogen (secondary N) is 3. The number of nitrogen functional groups attached to an aromatic ring is 2. The van der Waals surface area contributed by atoms with Gasteiger partial charge in [-0.05, 0) is 202 Å². The average molecular weight is 2010 g/mol. The lowest BCUT2D eigenvalue weighted by molar-refractivity contribution is -0.0367. The van der Waals surface area contributed by atoms with Gasteiger partial charge in [0.25, 0.3) is 0 Å². The van der Waals surface area contributed by atoms with E-state index in [0.29, 0.717) is 160 Å². The van der Waals surface area contributed by atoms with Crippen LogP contribution in [0.1, 0.15) is 154 Å². The zero-order valence-corrected chi connectivity index (χ0v) is 88.4. The van der Waals surface area contributed by atoms with Gasteiger partial charge in [-0.3, -0.25) is 22.8 Å². The Labute approximate surface area is 810 Å². The van der Waals surface area contributed by atoms with E-state index in [-0.39, 0.29) is 0 Å². The van der Waals surface area contributed by atoms with E-state index in [4.69, 9.17) is 35.2 Å². The van der Waals surface area contributed by atoms with Crippen LogP contribution in [0, 0.1) is 20.8 Å². The van der Waals surface area contributed by atoms with Crippen molar-refractivity contribution < 1.29 is 74.7 Å². The summed E-state index contributed by atoms with van der Waals surface area (Å²) in [6.07, 6.45) is 32.4. The predicted molar refractivity (Wildman–Crippen MR) is 568 cm³/mol. The van der Waals surface area contributed by atoms with E-state index in [1.807, 2.05) is 27.7 Å². The minimum absolute atomic E-state index is 0.427. The molecule has 38 nitrogen and oxygen atoms in total. The highest BCUT2D eigenvalue weighted by atomic mass is 31.2. The van der Waals surface area contributed by atoms with Crippen LogP contribution in [0.2, 0.25) is 0 Å². The Morgan fingerprint density at radius 2 is 0.659 bits per heavy atom. The Hall–Kier alpha value is -7.99. The summed E-state index contributed by atoms with van der Waals surface area (Å²) in [4.78, 5) is 57.7. The lowest BCUT2D eigenvalue weighted by Crippen LogP contribution is -2.32. The molecule has 5 aliphatic rings. The normalized spacial score (nSPS) is 26.1. The maximum absolute atomic E-state index is 10.7. The zero-order chi connectivity index (χ0) is 101. The van der Waals surface area contributed by atoms with Gasteiger partial charge in [-0.1, -0.05) is 62.6 Å². The molecule has 5 aliphatic heterocycles. The quantitative estimate of drug-likeness (QED) is 0.0134. The number of nitrogens with zero attached hydrogens (tertiary/aromatic N) is 18. The Balaban J connectivity index is 0.000000166. The molecule has 15 rings (SSSR count). The molecule has 0 amide bonds. The molecule has 17 N–H and O–H groups in total. The number of imidazole rings is 5. The summed E-state index contributed by atoms with van der Waals surface area (Å²) in [6.45, 7) is 37.3. The Kier molecular flexibility index (Phi) is 37.6. The molecule has 10 aromatic heterocycles. The maximum atomic E-state index is 10.7. The molecule has 0 bridgehead atoms. The van der Waals surface area contributed by atoms with Crippen LogP contribution in [0.4, 0.5) is 28.8 Å². The first-order valence-corrected chi connectivity index (χ1v) is 62.5. The van der Waals surface area contributed by atoms with E-state index >= 15 is 0 Å². The van der Waals surface area contributed by atoms with E-state index in [1.165, 1.54) is 23.0 Å². The highest BCUT2D eigenvalue weighted by molar-refractivity contribution is 7.73. The second-order valence-electron chi connectivity index (χ2n) is 40.2. The van der Waals surface area contributed by atoms with Gasteiger partial charge in [-0.2, -0.15) is 0 Å². The fourth-order valence-corrected chi connectivity index (χ4v) is 21.3. The van der Waals surface area contributed by atoms with Gasteiger partial charge in [0.15, 0.2) is 93.4 Å². The van der Waals surface area contributed by atoms with Crippen molar-refractivity contribution in [1.29, 1.82) is 0 Å². The summed E-state index contributed by atoms with van der Waals surface area (Å²) in [6, 6.07) is 3.38. The van der Waals surface area contributed by atoms with Crippen molar-refractivity contribution in [1.82, 2.24) is 87.6 Å². The van der Waals surface area contributed by atoms with Crippen LogP contribution in [0.3, 0.4) is 0 Å². The SMILES string of the molecule is C=P(C)(C)CC[C@H]1OC(n2c(C)nc3c(N)ccnc32)[C@H](O)[C@@H]1O.C=P(C)(C)CC[C@H]1OC(n2c(CC)nc3c(N)ccnc32)[C@H](O)[C@@H]1O.C=P(C)(C)CC[C@H]1OC(n2cnc3c(NC/C=C(/C)CC)nc(C)nc32)[C@H](O)[C@@H]1O.C=P(C)(C)CC[C@H]1OC(n2cnc3c(NC/C=C(/C)CC)nc(C)nc32)[C@H](O)[C@@H]1O.C=P(C)(C)CC[C@H]1OC(n2cnc3c(NC/C=C(/C)CC)ncnc32)[C@H](O)[C@@H]1O. The first-order valence-electron chi connectivity index (χ1n) is 47.3. The molecule has 43 heteroatoms. The molecule has 0 aliphatic carbocycles. The number of fused-ring (bicyclic) bond motifs is 5. The van der Waals surface area contributed by atoms with Gasteiger partial charge < -0.3 is 102 Å². The highest BCUT2D eigenvalue weighted by Crippen LogP contribution is 2.47. The number of hydrogen-bond acceptors (Lipinski definition) is 33. The molecule has 762 valence electrons. The monoisotopic (exact) mass is 2010 g/mol. The Bertz CT molecular complexity index is 6010. The van der Waals surface area contributed by atoms with Crippen molar-refractivity contribution in [3.8, 4) is 0 Å². The van der Waals surface area contributed by atoms with Crippen molar-refractivity contribution >= 4 is 151 Å². The van der Waals surface area contributed by atoms with Crippen LogP contribution in [-0.4, -0.2) is 379 Å². The minimum atomic E-state index is -1.24. The largest absolute Gasteiger partial charge is 0.397 e. The number of nitrogens with two attached hydrogens (primary N) is 2. The number of rotatable bonds is 33. The van der Waals surface area contributed by atoms with Gasteiger partial charge >= 0.3 is 0 Å². The van der Waals surface area contributed by atoms with Crippen LogP contribution in [0.15, 0.2) is 84.8 Å². The molecule has 0 radical (unpaired) electrons. The van der Waals surface area contributed by atoms with Crippen LogP contribution in [0.5, 0.6) is 0 Å². The lowest BCUT2D eigenvalue weighted by Gasteiger charge is -2.19. The number of allylic oxidation sites excluding steroid dienone is 3. The second-order valence-corrected chi connectivity index (χ2v) is 61.8. The second kappa shape index (κ2) is 47.0. The number of ether oxygens (including phenoxy) is 5. The molecule has 0 aromatic carbocycles. The van der Waals surface area contributed by atoms with Gasteiger partial charge in [0.2, 0.25) is 0 Å². The third kappa shape index (κ3) is 27.7. The van der Waals surface area contributed by atoms with Gasteiger partial charge in [0.05, 0.1) is 60.9 Å². The summed E-state index contributed by atoms with van der Waals surface area (Å²) in [5, 5.41) is 115. The van der Waals surface area contributed by atoms with Crippen molar-refractivity contribution in [3.63, 3.8) is 0 Å². The number of aliphatic hydroxyl groups excluding tert-OH is 10. The van der Waals surface area contributed by atoms with Crippen molar-refractivity contribution in [2.24, 2.45) is 0 Å². The fourth-order valence-electron chi connectivity index (χ4n) is 16.6. The molecule has 138 heavy (non-hydrogen) atoms. The summed E-state index contributed by atoms with van der Waals surface area (Å²) < 4.78 is 38.7. The number of hydrogen-bond donors (Lipinski definition) is 15. The van der Waals surface area contributed by atoms with Gasteiger partial charge in [0, 0.05) is 38.4 Å². The minimum Gasteiger partial charge on any atom is -0.397 e. The van der Waals surface area contributed by atoms with Gasteiger partial charge in [-0.25, -0.2) is 64.8 Å². The van der Waals surface area contributed by atoms with Crippen molar-refractivity contribution in [2.45, 2.75) is 250 Å². The van der Waals surface area contributed by atoms with Crippen molar-refractivity contribution in [2.75, 3.05) is 145 Å². The number of aromatic nitrogens is 18. The van der Waals surface area contributed by atoms with E-state index in [0.717, 1.165) is 55.9 Å². The van der Waals surface area contributed by atoms with Gasteiger partial charge in [-0.15, -0.1) is 65.9 Å². The molecule has 0 spiro atoms. The number of pyridine rings is 2. The third-order valence-electron chi connectivity index (χ3n) is 25.2. The molecular formula is C95H152N23O15P5. The van der Waals surface area contributed by atoms with Crippen LogP contribution in [-0.2, 0) is 30.1 Å². The first-order chi connectivity index (χ1) is 64.8. The summed E-state index contributed by atoms with van der Waals surface area (Å²) in [5.41, 5.74) is 22.7. The molecule has 5 saturated heterocycles. The summed E-state index contributed by atoms with van der Waals surface area (Å²) in [5.74, 6) is 4.46. The maximum Gasteiger partial charge on any atom is 0.167 e. The van der Waals surface area contributed by atoms with Crippen LogP contribution >= 0.6 is 34.4 Å². The highest BCUT2D eigenvalue weighted by Gasteiger charge is 2.50. The lowest BCUT2D eigenvalue weighted by atomic mass is 10.1. The number of anilines is 5. The first kappa shape index (κ1) is 110. The molecular weight excluding hydrogens is 1860 g/mol. The fraction of sp³-hybridized carbons (Fsp3) is 0.600. The zero-order valence-electron chi connectivity index (χ0n) is 83.9. The Morgan fingerprint density at radius 1 is 0.362 bits per heavy atom. The molecule has 0 saturated carbocycles. The molecule has 10 aromatic rings. The molecule has 5 unspecified atom stereocenters. The molecule has 20 atom stereocenters. The van der Waals surface area contributed by atoms with Crippen molar-refractivity contribution in [3.05, 3.63) is 108 Å². The number of aliphatic hydroxyl groups is 10. The van der Waals surface area contributed by atoms with E-state index < -0.39 is 157 Å². The average Bonchev–Trinajstić information content (AvgIpc) is 1.62. The van der Waals surface area contributed by atoms with E-state index in [1.54, 1.807) is 66.3 Å². The third-order valence-corrected chi connectivity index (χ3v) is 32.5. The van der Waals surface area contributed by atoms with E-state index in [9.17, 15) is 51.1 Å². The smallest absolute Gasteiger partial charge is 0.167 e. The van der Waals surface area contributed by atoms with E-state index in [2.05, 4.69) is 239 Å². The molecule has 15 heterocycles. The van der Waals surface area contributed by atoms with Crippen LogP contribution < -0.4 is 27.4 Å². The summed E-state index contributed by atoms with van der Waals surface area (Å²) in [7, 11) is 0. The predicted octanol–water partition coefficient (Wildman–Crippen LogP) is 9.89.